The largest absolute Gasteiger partial charge is 0.508 e. The molecule has 2 heterocycles. The van der Waals surface area contributed by atoms with Gasteiger partial charge >= 0.3 is 0 Å². The van der Waals surface area contributed by atoms with E-state index in [1.807, 2.05) is 121 Å². The van der Waals surface area contributed by atoms with Gasteiger partial charge in [0, 0.05) is 83.9 Å². The van der Waals surface area contributed by atoms with Crippen molar-refractivity contribution < 1.29 is 73.2 Å². The number of nitrogens with one attached hydrogen (secondary N) is 5. The molecular formula is C95H77Cl4N11O15. The third-order valence-electron chi connectivity index (χ3n) is 18.3. The monoisotopic (exact) mass is 1750 g/mol. The van der Waals surface area contributed by atoms with E-state index in [9.17, 15) is 54.6 Å². The minimum atomic E-state index is -0.525. The SMILES string of the molecule is CCn1c2ccccc2c2cc(/C=N/NC(=O)c3ccc(O)c(OC)c3)ccc21.COc1cc(C(=O)N/N=C/c2ccc(-c3cccc(Cl)c3)o2)ccc1O.COc1ccc2cc(/C=N/NC(=O)c3ccc(O)cc3)ccc2c1.O=C(N/N=C/C=C/c1ccccc1)c1ccc(O)c(Cl)c1.O=C(N/N=C/c1ccc(O)c2ccccc12)c1cc(Cl)c(O)c(Cl)c1. The number of phenols is 6. The van der Waals surface area contributed by atoms with Crippen LogP contribution in [0, 0.1) is 0 Å². The summed E-state index contributed by atoms with van der Waals surface area (Å²) in [5.74, 6) is 0.152. The van der Waals surface area contributed by atoms with E-state index >= 15 is 0 Å². The Hall–Kier alpha value is -15.7. The quantitative estimate of drug-likeness (QED) is 0.0235. The van der Waals surface area contributed by atoms with Crippen LogP contribution in [0.15, 0.2) is 309 Å². The number of ether oxygens (including phenoxy) is 3. The number of aromatic hydroxyl groups is 6. The van der Waals surface area contributed by atoms with Crippen LogP contribution in [-0.2, 0) is 6.54 Å². The number of benzene rings is 13. The number of nitrogens with zero attached hydrogens (tertiary/aromatic N) is 6. The zero-order valence-corrected chi connectivity index (χ0v) is 69.8. The molecule has 5 amide bonds. The molecule has 0 unspecified atom stereocenters. The van der Waals surface area contributed by atoms with Crippen molar-refractivity contribution >= 4 is 156 Å². The molecule has 630 valence electrons. The zero-order valence-electron chi connectivity index (χ0n) is 66.8. The van der Waals surface area contributed by atoms with Gasteiger partial charge in [0.25, 0.3) is 29.5 Å². The first kappa shape index (κ1) is 90.0. The van der Waals surface area contributed by atoms with Crippen LogP contribution in [0.1, 0.15) is 86.7 Å². The van der Waals surface area contributed by atoms with Gasteiger partial charge in [-0.25, -0.2) is 27.1 Å². The van der Waals surface area contributed by atoms with Gasteiger partial charge in [-0.1, -0.05) is 162 Å². The van der Waals surface area contributed by atoms with Crippen molar-refractivity contribution in [3.05, 3.63) is 355 Å². The van der Waals surface area contributed by atoms with E-state index < -0.39 is 17.7 Å². The molecular weight excluding hydrogens is 1680 g/mol. The number of para-hydroxylation sites is 1. The van der Waals surface area contributed by atoms with Gasteiger partial charge in [0.2, 0.25) is 0 Å². The fourth-order valence-corrected chi connectivity index (χ4v) is 12.9. The highest BCUT2D eigenvalue weighted by Crippen LogP contribution is 2.35. The lowest BCUT2D eigenvalue weighted by atomic mass is 10.0. The molecule has 0 saturated heterocycles. The summed E-state index contributed by atoms with van der Waals surface area (Å²) >= 11 is 23.3. The highest BCUT2D eigenvalue weighted by molar-refractivity contribution is 6.37. The maximum atomic E-state index is 12.3. The molecule has 0 radical (unpaired) electrons. The third-order valence-corrected chi connectivity index (χ3v) is 19.4. The van der Waals surface area contributed by atoms with Crippen molar-refractivity contribution in [3.8, 4) is 63.1 Å². The molecule has 2 aromatic heterocycles. The van der Waals surface area contributed by atoms with Crippen LogP contribution in [0.25, 0.3) is 60.8 Å². The number of carbonyl (C=O) groups is 5. The second-order valence-electron chi connectivity index (χ2n) is 26.5. The maximum Gasteiger partial charge on any atom is 0.271 e. The van der Waals surface area contributed by atoms with E-state index in [4.69, 9.17) is 65.0 Å². The van der Waals surface area contributed by atoms with Gasteiger partial charge in [-0.05, 0) is 210 Å². The minimum absolute atomic E-state index is 0.0212. The van der Waals surface area contributed by atoms with Gasteiger partial charge in [-0.15, -0.1) is 0 Å². The van der Waals surface area contributed by atoms with E-state index in [2.05, 4.69) is 88.4 Å². The van der Waals surface area contributed by atoms with Crippen LogP contribution in [0.5, 0.6) is 51.7 Å². The molecule has 0 atom stereocenters. The topological polar surface area (TPSA) is 374 Å². The lowest BCUT2D eigenvalue weighted by Gasteiger charge is -2.05. The average Bonchev–Trinajstić information content (AvgIpc) is 1.61. The molecule has 0 aliphatic carbocycles. The van der Waals surface area contributed by atoms with Crippen molar-refractivity contribution in [2.24, 2.45) is 25.5 Å². The fraction of sp³-hybridized carbons (Fsp3) is 0.0526. The molecule has 0 saturated carbocycles. The number of allylic oxidation sites excluding steroid dienone is 1. The van der Waals surface area contributed by atoms with Crippen LogP contribution in [0.2, 0.25) is 20.1 Å². The van der Waals surface area contributed by atoms with Crippen LogP contribution >= 0.6 is 46.4 Å². The number of hydrogen-bond donors (Lipinski definition) is 11. The second kappa shape index (κ2) is 44.0. The number of hydrazone groups is 5. The Morgan fingerprint density at radius 3 is 1.53 bits per heavy atom. The first-order chi connectivity index (χ1) is 60.5. The summed E-state index contributed by atoms with van der Waals surface area (Å²) in [5.41, 5.74) is 20.4. The third kappa shape index (κ3) is 24.7. The Morgan fingerprint density at radius 1 is 0.392 bits per heavy atom. The predicted molar refractivity (Wildman–Crippen MR) is 491 cm³/mol. The molecule has 125 heavy (non-hydrogen) atoms. The number of rotatable bonds is 21. The number of amides is 5. The van der Waals surface area contributed by atoms with Gasteiger partial charge in [0.05, 0.1) is 61.3 Å². The van der Waals surface area contributed by atoms with E-state index in [0.717, 1.165) is 61.7 Å². The molecule has 11 N–H and O–H groups in total. The molecule has 15 aromatic rings. The number of methoxy groups -OCH3 is 3. The number of aromatic nitrogens is 1. The van der Waals surface area contributed by atoms with E-state index in [0.29, 0.717) is 44.2 Å². The molecule has 0 spiro atoms. The highest BCUT2D eigenvalue weighted by Gasteiger charge is 2.17. The first-order valence-electron chi connectivity index (χ1n) is 37.7. The van der Waals surface area contributed by atoms with Crippen LogP contribution in [-0.4, -0.2) is 117 Å². The summed E-state index contributed by atoms with van der Waals surface area (Å²) in [6.45, 7) is 3.03. The average molecular weight is 1750 g/mol. The molecule has 0 aliphatic heterocycles. The van der Waals surface area contributed by atoms with Crippen LogP contribution in [0.4, 0.5) is 0 Å². The van der Waals surface area contributed by atoms with Crippen molar-refractivity contribution in [1.29, 1.82) is 0 Å². The van der Waals surface area contributed by atoms with Gasteiger partial charge in [-0.3, -0.25) is 24.0 Å². The first-order valence-corrected chi connectivity index (χ1v) is 39.2. The summed E-state index contributed by atoms with van der Waals surface area (Å²) < 4.78 is 23.1. The maximum absolute atomic E-state index is 12.3. The van der Waals surface area contributed by atoms with Crippen LogP contribution in [0.3, 0.4) is 0 Å². The summed E-state index contributed by atoms with van der Waals surface area (Å²) in [6, 6.07) is 78.7. The number of phenolic OH excluding ortho intramolecular Hbond substituents is 6. The van der Waals surface area contributed by atoms with Crippen molar-refractivity contribution in [3.63, 3.8) is 0 Å². The molecule has 13 aromatic carbocycles. The number of hydrogen-bond acceptors (Lipinski definition) is 20. The van der Waals surface area contributed by atoms with Gasteiger partial charge < -0.3 is 53.8 Å². The highest BCUT2D eigenvalue weighted by atomic mass is 35.5. The number of fused-ring (bicyclic) bond motifs is 5. The minimum Gasteiger partial charge on any atom is -0.508 e. The van der Waals surface area contributed by atoms with E-state index in [-0.39, 0.29) is 78.4 Å². The summed E-state index contributed by atoms with van der Waals surface area (Å²) in [5, 5.41) is 83.4. The normalized spacial score (nSPS) is 11.1. The number of furan rings is 1. The number of carbonyl (C=O) groups excluding carboxylic acids is 5. The zero-order chi connectivity index (χ0) is 88.9. The Kier molecular flexibility index (Phi) is 31.7. The standard InChI is InChI=1S/C23H21N3O3.C19H15ClN2O4.C19H16N2O3.C18H12Cl2N2O3.C16H13ClN2O2/c1-3-26-19-7-5-4-6-17(19)18-12-15(8-10-20(18)26)14-24-25-23(28)16-9-11-21(27)22(13-16)29-2;1-25-18-10-13(5-7-16(18)23)19(24)22-21-11-15-6-8-17(26-15)12-3-2-4-14(20)9-12;1-24-18-9-6-15-10-13(2-3-16(15)11-18)12-20-21-19(23)14-4-7-17(22)8-5-14;19-14-7-11(8-15(20)17(14)24)18(25)22-21-9-10-5-6-16(23)13-4-2-1-3-12(10)13;17-14-11-13(8-9-15(14)20)16(21)19-18-10-4-7-12-5-2-1-3-6-12/h4-14,27H,3H2,1-2H3,(H,25,28);2-11,23H,1H3,(H,22,24);2-12,22H,1H3,(H,21,23);1-9,23-24H,(H,22,25);1-11,20H,(H,19,21)/b24-14+;21-11+;20-12+;21-9+;7-4+,18-10+. The summed E-state index contributed by atoms with van der Waals surface area (Å²) in [6.07, 6.45) is 11.1. The Morgan fingerprint density at radius 2 is 0.904 bits per heavy atom. The lowest BCUT2D eigenvalue weighted by Crippen LogP contribution is -2.17. The van der Waals surface area contributed by atoms with Crippen LogP contribution < -0.4 is 41.3 Å². The van der Waals surface area contributed by atoms with E-state index in [1.165, 1.54) is 140 Å². The Labute approximate surface area is 735 Å². The van der Waals surface area contributed by atoms with Gasteiger partial charge in [-0.2, -0.15) is 25.5 Å². The Balaban J connectivity index is 0.000000152. The Bertz CT molecular complexity index is 6590. The number of halogens is 4. The van der Waals surface area contributed by atoms with Crippen molar-refractivity contribution in [1.82, 2.24) is 31.7 Å². The molecule has 0 fully saturated rings. The molecule has 30 heteroatoms. The number of aryl methyl sites for hydroxylation is 1. The summed E-state index contributed by atoms with van der Waals surface area (Å²) in [7, 11) is 4.48. The summed E-state index contributed by atoms with van der Waals surface area (Å²) in [4.78, 5) is 60.1. The van der Waals surface area contributed by atoms with E-state index in [1.54, 1.807) is 68.1 Å². The fourth-order valence-electron chi connectivity index (χ4n) is 12.0. The van der Waals surface area contributed by atoms with Crippen molar-refractivity contribution in [2.75, 3.05) is 21.3 Å². The van der Waals surface area contributed by atoms with Gasteiger partial charge in [0.15, 0.2) is 28.7 Å². The molecule has 0 bridgehead atoms. The lowest BCUT2D eigenvalue weighted by molar-refractivity contribution is 0.0946. The predicted octanol–water partition coefficient (Wildman–Crippen LogP) is 19.5. The molecule has 15 rings (SSSR count). The molecule has 26 nitrogen and oxygen atoms in total. The van der Waals surface area contributed by atoms with Crippen molar-refractivity contribution in [2.45, 2.75) is 13.5 Å². The second-order valence-corrected chi connectivity index (χ2v) is 28.2. The van der Waals surface area contributed by atoms with Gasteiger partial charge in [0.1, 0.15) is 34.5 Å². The molecule has 0 aliphatic rings. The smallest absolute Gasteiger partial charge is 0.271 e.